The van der Waals surface area contributed by atoms with E-state index in [1.165, 1.54) is 6.92 Å². The van der Waals surface area contributed by atoms with E-state index in [-0.39, 0.29) is 11.5 Å². The maximum atomic E-state index is 12.4. The first-order valence-electron chi connectivity index (χ1n) is 7.37. The maximum Gasteiger partial charge on any atom is 0.329 e. The second-order valence-corrected chi connectivity index (χ2v) is 6.15. The highest BCUT2D eigenvalue weighted by Gasteiger charge is 2.31. The van der Waals surface area contributed by atoms with Crippen molar-refractivity contribution in [2.24, 2.45) is 0 Å². The van der Waals surface area contributed by atoms with Gasteiger partial charge in [0.05, 0.1) is 5.56 Å². The summed E-state index contributed by atoms with van der Waals surface area (Å²) in [5.41, 5.74) is 0.978. The van der Waals surface area contributed by atoms with Gasteiger partial charge in [-0.25, -0.2) is 0 Å². The molecule has 1 aliphatic rings. The minimum Gasteiger partial charge on any atom is -0.462 e. The normalized spacial score (nSPS) is 16.0. The molecule has 1 atom stereocenters. The molecule has 2 heterocycles. The Bertz CT molecular complexity index is 860. The molecule has 124 valence electrons. The molecule has 0 saturated heterocycles. The van der Waals surface area contributed by atoms with Gasteiger partial charge >= 0.3 is 5.97 Å². The van der Waals surface area contributed by atoms with Crippen LogP contribution in [0, 0.1) is 13.8 Å². The molecule has 1 unspecified atom stereocenters. The lowest BCUT2D eigenvalue weighted by Gasteiger charge is -2.10. The molecule has 0 bridgehead atoms. The van der Waals surface area contributed by atoms with Crippen molar-refractivity contribution in [2.75, 3.05) is 0 Å². The van der Waals surface area contributed by atoms with Gasteiger partial charge < -0.3 is 13.9 Å². The molecule has 2 aromatic rings. The minimum atomic E-state index is -0.766. The van der Waals surface area contributed by atoms with Crippen molar-refractivity contribution in [3.63, 3.8) is 0 Å². The molecule has 0 fully saturated rings. The zero-order valence-electron chi connectivity index (χ0n) is 13.4. The number of alkyl halides is 1. The Balaban J connectivity index is 1.92. The van der Waals surface area contributed by atoms with E-state index < -0.39 is 11.3 Å². The Hall–Kier alpha value is -2.53. The highest BCUT2D eigenvalue weighted by molar-refractivity contribution is 6.29. The number of ketones is 1. The second-order valence-electron chi connectivity index (χ2n) is 5.49. The van der Waals surface area contributed by atoms with Crippen LogP contribution in [0.3, 0.4) is 0 Å². The highest BCUT2D eigenvalue weighted by Crippen LogP contribution is 2.39. The molecular formula is C18H15ClO5. The lowest BCUT2D eigenvalue weighted by Crippen LogP contribution is -2.18. The van der Waals surface area contributed by atoms with Gasteiger partial charge in [0.25, 0.3) is 0 Å². The van der Waals surface area contributed by atoms with Crippen molar-refractivity contribution in [3.8, 4) is 11.5 Å². The average molecular weight is 347 g/mol. The van der Waals surface area contributed by atoms with Crippen molar-refractivity contribution in [1.82, 2.24) is 0 Å². The Morgan fingerprint density at radius 1 is 1.25 bits per heavy atom. The Kier molecular flexibility index (Phi) is 4.20. The van der Waals surface area contributed by atoms with Crippen molar-refractivity contribution in [1.29, 1.82) is 0 Å². The van der Waals surface area contributed by atoms with Crippen LogP contribution in [0.4, 0.5) is 0 Å². The van der Waals surface area contributed by atoms with E-state index in [1.54, 1.807) is 37.3 Å². The zero-order chi connectivity index (χ0) is 17.4. The third-order valence-corrected chi connectivity index (χ3v) is 3.78. The molecule has 0 N–H and O–H groups in total. The fraction of sp³-hybridized carbons (Fsp3) is 0.222. The van der Waals surface area contributed by atoms with Crippen LogP contribution < -0.4 is 9.47 Å². The number of Topliss-reactive ketones (excluding diaryl/α,β-unsaturated/α-hetero) is 1. The number of aryl methyl sites for hydroxylation is 1. The van der Waals surface area contributed by atoms with Gasteiger partial charge in [0.2, 0.25) is 5.78 Å². The monoisotopic (exact) mass is 346 g/mol. The number of allylic oxidation sites excluding steroid dienone is 1. The predicted octanol–water partition coefficient (Wildman–Crippen LogP) is 4.05. The van der Waals surface area contributed by atoms with Gasteiger partial charge in [-0.2, -0.15) is 0 Å². The Morgan fingerprint density at radius 2 is 2.00 bits per heavy atom. The summed E-state index contributed by atoms with van der Waals surface area (Å²) in [5.74, 6) is 1.32. The number of benzene rings is 1. The van der Waals surface area contributed by atoms with Crippen molar-refractivity contribution >= 4 is 29.4 Å². The third-order valence-electron chi connectivity index (χ3n) is 3.61. The third kappa shape index (κ3) is 2.95. The summed E-state index contributed by atoms with van der Waals surface area (Å²) in [6, 6.07) is 6.69. The van der Waals surface area contributed by atoms with Crippen molar-refractivity contribution < 1.29 is 23.5 Å². The van der Waals surface area contributed by atoms with Gasteiger partial charge in [0.1, 0.15) is 28.4 Å². The number of rotatable bonds is 3. The number of fused-ring (bicyclic) bond motifs is 1. The summed E-state index contributed by atoms with van der Waals surface area (Å²) < 4.78 is 16.3. The summed E-state index contributed by atoms with van der Waals surface area (Å²) in [4.78, 5) is 24.1. The fourth-order valence-electron chi connectivity index (χ4n) is 2.33. The van der Waals surface area contributed by atoms with Gasteiger partial charge in [-0.1, -0.05) is 0 Å². The minimum absolute atomic E-state index is 0.164. The zero-order valence-corrected chi connectivity index (χ0v) is 14.1. The lowest BCUT2D eigenvalue weighted by atomic mass is 10.1. The number of hydrogen-bond donors (Lipinski definition) is 0. The summed E-state index contributed by atoms with van der Waals surface area (Å²) in [6.07, 6.45) is 1.54. The SMILES string of the molecule is Cc1ccc(/C=C2\Oc3c(ccc(OC(=O)C(C)Cl)c3C)C2=O)o1. The first kappa shape index (κ1) is 16.3. The number of carbonyl (C=O) groups is 2. The summed E-state index contributed by atoms with van der Waals surface area (Å²) in [5, 5.41) is -0.766. The molecular weight excluding hydrogens is 332 g/mol. The quantitative estimate of drug-likeness (QED) is 0.363. The number of halogens is 1. The summed E-state index contributed by atoms with van der Waals surface area (Å²) in [7, 11) is 0. The number of furan rings is 1. The van der Waals surface area contributed by atoms with Crippen LogP contribution in [0.2, 0.25) is 0 Å². The molecule has 1 aromatic carbocycles. The largest absolute Gasteiger partial charge is 0.462 e. The summed E-state index contributed by atoms with van der Waals surface area (Å²) >= 11 is 5.71. The van der Waals surface area contributed by atoms with Gasteiger partial charge in [-0.05, 0) is 45.0 Å². The highest BCUT2D eigenvalue weighted by atomic mass is 35.5. The first-order valence-corrected chi connectivity index (χ1v) is 7.80. The van der Waals surface area contributed by atoms with E-state index in [0.717, 1.165) is 5.76 Å². The molecule has 6 heteroatoms. The summed E-state index contributed by atoms with van der Waals surface area (Å²) in [6.45, 7) is 5.06. The van der Waals surface area contributed by atoms with Crippen LogP contribution in [-0.2, 0) is 4.79 Å². The van der Waals surface area contributed by atoms with E-state index in [0.29, 0.717) is 28.4 Å². The van der Waals surface area contributed by atoms with Crippen LogP contribution >= 0.6 is 11.6 Å². The number of ether oxygens (including phenoxy) is 2. The smallest absolute Gasteiger partial charge is 0.329 e. The van der Waals surface area contributed by atoms with Crippen LogP contribution in [-0.4, -0.2) is 17.1 Å². The molecule has 5 nitrogen and oxygen atoms in total. The number of hydrogen-bond acceptors (Lipinski definition) is 5. The van der Waals surface area contributed by atoms with Crippen LogP contribution in [0.5, 0.6) is 11.5 Å². The maximum absolute atomic E-state index is 12.4. The van der Waals surface area contributed by atoms with E-state index in [1.807, 2.05) is 6.92 Å². The lowest BCUT2D eigenvalue weighted by molar-refractivity contribution is -0.133. The van der Waals surface area contributed by atoms with E-state index in [4.69, 9.17) is 25.5 Å². The molecule has 0 aliphatic carbocycles. The van der Waals surface area contributed by atoms with Gasteiger partial charge in [-0.15, -0.1) is 11.6 Å². The molecule has 3 rings (SSSR count). The molecule has 1 aliphatic heterocycles. The van der Waals surface area contributed by atoms with Crippen LogP contribution in [0.15, 0.2) is 34.4 Å². The molecule has 0 saturated carbocycles. The Labute approximate surface area is 143 Å². The average Bonchev–Trinajstić information content (AvgIpc) is 3.07. The van der Waals surface area contributed by atoms with Gasteiger partial charge in [0, 0.05) is 11.6 Å². The molecule has 0 amide bonds. The van der Waals surface area contributed by atoms with Crippen molar-refractivity contribution in [3.05, 3.63) is 52.7 Å². The Morgan fingerprint density at radius 3 is 2.62 bits per heavy atom. The van der Waals surface area contributed by atoms with Gasteiger partial charge in [0.15, 0.2) is 5.76 Å². The molecule has 24 heavy (non-hydrogen) atoms. The predicted molar refractivity (Wildman–Crippen MR) is 88.5 cm³/mol. The van der Waals surface area contributed by atoms with Crippen LogP contribution in [0.25, 0.3) is 6.08 Å². The topological polar surface area (TPSA) is 65.7 Å². The number of esters is 1. The van der Waals surface area contributed by atoms with Crippen molar-refractivity contribution in [2.45, 2.75) is 26.1 Å². The molecule has 0 spiro atoms. The number of carbonyl (C=O) groups excluding carboxylic acids is 2. The van der Waals surface area contributed by atoms with Gasteiger partial charge in [-0.3, -0.25) is 9.59 Å². The standard InChI is InChI=1S/C18H15ClO5/c1-9-4-5-12(22-9)8-15-16(20)13-6-7-14(10(2)17(13)23-15)24-18(21)11(3)19/h4-8,11H,1-3H3/b15-8-. The second kappa shape index (κ2) is 6.17. The first-order chi connectivity index (χ1) is 11.4. The molecule has 1 aromatic heterocycles. The van der Waals surface area contributed by atoms with E-state index in [9.17, 15) is 9.59 Å². The fourth-order valence-corrected chi connectivity index (χ4v) is 2.37. The van der Waals surface area contributed by atoms with Crippen LogP contribution in [0.1, 0.15) is 34.4 Å². The van der Waals surface area contributed by atoms with E-state index >= 15 is 0 Å². The molecule has 0 radical (unpaired) electrons. The van der Waals surface area contributed by atoms with E-state index in [2.05, 4.69) is 0 Å².